The Morgan fingerprint density at radius 1 is 1.14 bits per heavy atom. The van der Waals surface area contributed by atoms with Crippen molar-refractivity contribution in [3.63, 3.8) is 0 Å². The van der Waals surface area contributed by atoms with Gasteiger partial charge in [0.2, 0.25) is 0 Å². The van der Waals surface area contributed by atoms with Crippen molar-refractivity contribution in [1.29, 1.82) is 0 Å². The summed E-state index contributed by atoms with van der Waals surface area (Å²) < 4.78 is 0.350. The topological polar surface area (TPSA) is 101 Å². The molecule has 0 spiro atoms. The molecule has 7 nitrogen and oxygen atoms in total. The number of non-ortho nitro benzene ring substituents is 1. The molecule has 0 bridgehead atoms. The number of aromatic carboxylic acids is 1. The van der Waals surface area contributed by atoms with Crippen molar-refractivity contribution in [2.75, 3.05) is 4.90 Å². The summed E-state index contributed by atoms with van der Waals surface area (Å²) in [6, 6.07) is 11.9. The van der Waals surface area contributed by atoms with Gasteiger partial charge in [-0.25, -0.2) is 4.79 Å². The molecule has 1 aliphatic heterocycles. The van der Waals surface area contributed by atoms with Crippen molar-refractivity contribution in [2.24, 2.45) is 0 Å². The lowest BCUT2D eigenvalue weighted by Crippen LogP contribution is -2.27. The summed E-state index contributed by atoms with van der Waals surface area (Å²) in [4.78, 5) is 35.5. The normalized spacial score (nSPS) is 15.6. The number of hydrogen-bond donors (Lipinski definition) is 1. The molecule has 1 amide bonds. The standard InChI is InChI=1S/C19H12N2O5S2/c22-17-16(3-1-2-12-4-8-15(9-5-12)21(25)26)28-19(27)20(17)14-10-6-13(7-11-14)18(23)24/h1-11H,(H,23,24). The number of hydrogen-bond acceptors (Lipinski definition) is 6. The van der Waals surface area contributed by atoms with Gasteiger partial charge in [0.1, 0.15) is 0 Å². The predicted molar refractivity (Wildman–Crippen MR) is 111 cm³/mol. The second-order valence-electron chi connectivity index (χ2n) is 5.60. The number of allylic oxidation sites excluding steroid dienone is 2. The zero-order chi connectivity index (χ0) is 20.3. The monoisotopic (exact) mass is 412 g/mol. The summed E-state index contributed by atoms with van der Waals surface area (Å²) >= 11 is 6.41. The first-order chi connectivity index (χ1) is 13.4. The van der Waals surface area contributed by atoms with E-state index < -0.39 is 10.9 Å². The fraction of sp³-hybridized carbons (Fsp3) is 0. The molecule has 1 aliphatic rings. The third-order valence-electron chi connectivity index (χ3n) is 3.81. The van der Waals surface area contributed by atoms with Gasteiger partial charge in [-0.3, -0.25) is 19.8 Å². The van der Waals surface area contributed by atoms with Gasteiger partial charge in [0.25, 0.3) is 11.6 Å². The fourth-order valence-electron chi connectivity index (χ4n) is 2.41. The summed E-state index contributed by atoms with van der Waals surface area (Å²) in [6.45, 7) is 0. The van der Waals surface area contributed by atoms with Crippen molar-refractivity contribution >= 4 is 57.6 Å². The van der Waals surface area contributed by atoms with Crippen LogP contribution in [0, 0.1) is 10.1 Å². The summed E-state index contributed by atoms with van der Waals surface area (Å²) in [7, 11) is 0. The van der Waals surface area contributed by atoms with Crippen LogP contribution in [0.25, 0.3) is 6.08 Å². The molecule has 1 N–H and O–H groups in total. The second-order valence-corrected chi connectivity index (χ2v) is 7.28. The SMILES string of the molecule is O=C(O)c1ccc(N2C(=O)C(=CC=Cc3ccc([N+](=O)[O-])cc3)SC2=S)cc1. The predicted octanol–water partition coefficient (Wildman–Crippen LogP) is 4.26. The molecule has 140 valence electrons. The quantitative estimate of drug-likeness (QED) is 0.339. The van der Waals surface area contributed by atoms with Gasteiger partial charge in [0.15, 0.2) is 4.32 Å². The summed E-state index contributed by atoms with van der Waals surface area (Å²) in [5, 5.41) is 19.6. The molecule has 0 atom stereocenters. The summed E-state index contributed by atoms with van der Waals surface area (Å²) in [5.74, 6) is -1.35. The maximum Gasteiger partial charge on any atom is 0.335 e. The van der Waals surface area contributed by atoms with E-state index in [1.807, 2.05) is 0 Å². The molecule has 0 aliphatic carbocycles. The van der Waals surface area contributed by atoms with Crippen molar-refractivity contribution in [1.82, 2.24) is 0 Å². The smallest absolute Gasteiger partial charge is 0.335 e. The van der Waals surface area contributed by atoms with E-state index in [2.05, 4.69) is 0 Å². The Balaban J connectivity index is 1.75. The van der Waals surface area contributed by atoms with E-state index in [0.717, 1.165) is 17.3 Å². The van der Waals surface area contributed by atoms with Gasteiger partial charge in [0.05, 0.1) is 21.1 Å². The first-order valence-corrected chi connectivity index (χ1v) is 9.12. The molecule has 3 rings (SSSR count). The Morgan fingerprint density at radius 3 is 2.36 bits per heavy atom. The molecular weight excluding hydrogens is 400 g/mol. The maximum atomic E-state index is 12.6. The van der Waals surface area contributed by atoms with Crippen LogP contribution in [0.15, 0.2) is 65.6 Å². The van der Waals surface area contributed by atoms with Gasteiger partial charge in [0, 0.05) is 12.1 Å². The number of thiocarbonyl (C=S) groups is 1. The number of benzene rings is 2. The number of nitro benzene ring substituents is 1. The van der Waals surface area contributed by atoms with Crippen LogP contribution in [0.1, 0.15) is 15.9 Å². The molecule has 9 heteroatoms. The molecule has 1 saturated heterocycles. The van der Waals surface area contributed by atoms with E-state index in [-0.39, 0.29) is 17.2 Å². The lowest BCUT2D eigenvalue weighted by atomic mass is 10.2. The molecule has 0 saturated carbocycles. The Bertz CT molecular complexity index is 1030. The maximum absolute atomic E-state index is 12.6. The molecule has 0 radical (unpaired) electrons. The van der Waals surface area contributed by atoms with E-state index in [1.54, 1.807) is 30.4 Å². The van der Waals surface area contributed by atoms with E-state index in [9.17, 15) is 19.7 Å². The molecule has 1 heterocycles. The third-order valence-corrected chi connectivity index (χ3v) is 5.13. The first kappa shape index (κ1) is 19.5. The van der Waals surface area contributed by atoms with E-state index in [4.69, 9.17) is 17.3 Å². The van der Waals surface area contributed by atoms with Crippen molar-refractivity contribution in [2.45, 2.75) is 0 Å². The highest BCUT2D eigenvalue weighted by molar-refractivity contribution is 8.27. The molecule has 1 fully saturated rings. The van der Waals surface area contributed by atoms with Crippen LogP contribution in [0.5, 0.6) is 0 Å². The largest absolute Gasteiger partial charge is 0.478 e. The highest BCUT2D eigenvalue weighted by Crippen LogP contribution is 2.35. The number of carbonyl (C=O) groups excluding carboxylic acids is 1. The summed E-state index contributed by atoms with van der Waals surface area (Å²) in [6.07, 6.45) is 5.01. The highest BCUT2D eigenvalue weighted by atomic mass is 32.2. The van der Waals surface area contributed by atoms with Crippen LogP contribution in [0.4, 0.5) is 11.4 Å². The number of amides is 1. The lowest BCUT2D eigenvalue weighted by molar-refractivity contribution is -0.384. The number of carbonyl (C=O) groups is 2. The van der Waals surface area contributed by atoms with Gasteiger partial charge in [-0.2, -0.15) is 0 Å². The van der Waals surface area contributed by atoms with E-state index >= 15 is 0 Å². The van der Waals surface area contributed by atoms with Gasteiger partial charge in [-0.05, 0) is 48.0 Å². The average molecular weight is 412 g/mol. The number of carboxylic acid groups (broad SMARTS) is 1. The zero-order valence-electron chi connectivity index (χ0n) is 14.1. The lowest BCUT2D eigenvalue weighted by Gasteiger charge is -2.14. The molecular formula is C19H12N2O5S2. The van der Waals surface area contributed by atoms with Gasteiger partial charge < -0.3 is 5.11 Å². The minimum absolute atomic E-state index is 0.00642. The van der Waals surface area contributed by atoms with Gasteiger partial charge in [-0.1, -0.05) is 36.1 Å². The van der Waals surface area contributed by atoms with Gasteiger partial charge in [-0.15, -0.1) is 0 Å². The van der Waals surface area contributed by atoms with Crippen LogP contribution >= 0.6 is 24.0 Å². The summed E-state index contributed by atoms with van der Waals surface area (Å²) in [5.41, 5.74) is 1.37. The first-order valence-electron chi connectivity index (χ1n) is 7.89. The molecule has 0 aromatic heterocycles. The number of carboxylic acids is 1. The Labute approximate surface area is 169 Å². The van der Waals surface area contributed by atoms with Crippen molar-refractivity contribution in [3.05, 3.63) is 86.8 Å². The minimum atomic E-state index is -1.05. The van der Waals surface area contributed by atoms with Gasteiger partial charge >= 0.3 is 5.97 Å². The van der Waals surface area contributed by atoms with Crippen LogP contribution < -0.4 is 4.90 Å². The van der Waals surface area contributed by atoms with E-state index in [1.165, 1.54) is 41.3 Å². The number of nitro groups is 1. The number of anilines is 1. The number of nitrogens with zero attached hydrogens (tertiary/aromatic N) is 2. The Hall–Kier alpha value is -3.30. The number of rotatable bonds is 5. The van der Waals surface area contributed by atoms with Crippen LogP contribution in [-0.4, -0.2) is 26.2 Å². The van der Waals surface area contributed by atoms with Crippen molar-refractivity contribution < 1.29 is 19.6 Å². The third kappa shape index (κ3) is 4.16. The zero-order valence-corrected chi connectivity index (χ0v) is 15.8. The van der Waals surface area contributed by atoms with Crippen LogP contribution in [0.2, 0.25) is 0 Å². The fourth-order valence-corrected chi connectivity index (χ4v) is 3.66. The molecule has 0 unspecified atom stereocenters. The molecule has 2 aromatic carbocycles. The van der Waals surface area contributed by atoms with Crippen LogP contribution in [-0.2, 0) is 4.79 Å². The second kappa shape index (κ2) is 8.15. The Morgan fingerprint density at radius 2 is 1.79 bits per heavy atom. The minimum Gasteiger partial charge on any atom is -0.478 e. The highest BCUT2D eigenvalue weighted by Gasteiger charge is 2.32. The van der Waals surface area contributed by atoms with Crippen LogP contribution in [0.3, 0.4) is 0 Å². The average Bonchev–Trinajstić information content (AvgIpc) is 2.95. The van der Waals surface area contributed by atoms with Crippen molar-refractivity contribution in [3.8, 4) is 0 Å². The Kier molecular flexibility index (Phi) is 5.67. The van der Waals surface area contributed by atoms with E-state index in [0.29, 0.717) is 14.9 Å². The molecule has 2 aromatic rings. The molecule has 28 heavy (non-hydrogen) atoms. The number of thioether (sulfide) groups is 1.